The minimum atomic E-state index is -0.281. The number of halogens is 1. The summed E-state index contributed by atoms with van der Waals surface area (Å²) in [6, 6.07) is -0.281. The predicted molar refractivity (Wildman–Crippen MR) is 70.0 cm³/mol. The maximum absolute atomic E-state index is 12.1. The number of aromatic nitrogens is 2. The van der Waals surface area contributed by atoms with Gasteiger partial charge < -0.3 is 15.3 Å². The van der Waals surface area contributed by atoms with Gasteiger partial charge in [-0.2, -0.15) is 0 Å². The van der Waals surface area contributed by atoms with Crippen LogP contribution in [0.1, 0.15) is 12.8 Å². The van der Waals surface area contributed by atoms with Crippen LogP contribution >= 0.6 is 15.9 Å². The lowest BCUT2D eigenvalue weighted by Gasteiger charge is -2.32. The second-order valence-corrected chi connectivity index (χ2v) is 4.96. The van der Waals surface area contributed by atoms with Crippen molar-refractivity contribution in [2.24, 2.45) is 0 Å². The molecule has 18 heavy (non-hydrogen) atoms. The Labute approximate surface area is 114 Å². The van der Waals surface area contributed by atoms with Crippen molar-refractivity contribution in [2.75, 3.05) is 25.0 Å². The normalized spacial score (nSPS) is 20.0. The van der Waals surface area contributed by atoms with Gasteiger partial charge in [-0.3, -0.25) is 4.79 Å². The molecule has 0 bridgehead atoms. The van der Waals surface area contributed by atoms with E-state index in [9.17, 15) is 4.79 Å². The predicted octanol–water partition coefficient (Wildman–Crippen LogP) is 0.634. The first-order chi connectivity index (χ1) is 8.72. The molecule has 1 aromatic heterocycles. The Hall–Kier alpha value is -1.21. The Morgan fingerprint density at radius 1 is 1.61 bits per heavy atom. The zero-order valence-corrected chi connectivity index (χ0v) is 11.4. The van der Waals surface area contributed by atoms with E-state index in [1.165, 1.54) is 6.33 Å². The van der Waals surface area contributed by atoms with Crippen molar-refractivity contribution in [3.63, 3.8) is 0 Å². The second-order valence-electron chi connectivity index (χ2n) is 4.11. The quantitative estimate of drug-likeness (QED) is 0.852. The number of carbonyl (C=O) groups is 1. The number of likely N-dealkylation sites (tertiary alicyclic amines) is 1. The molecule has 7 heteroatoms. The van der Waals surface area contributed by atoms with E-state index in [1.807, 2.05) is 0 Å². The summed E-state index contributed by atoms with van der Waals surface area (Å²) in [5.41, 5.74) is 0. The van der Waals surface area contributed by atoms with Gasteiger partial charge in [0.2, 0.25) is 5.91 Å². The highest BCUT2D eigenvalue weighted by Crippen LogP contribution is 2.21. The Kier molecular flexibility index (Phi) is 4.48. The van der Waals surface area contributed by atoms with Crippen LogP contribution < -0.4 is 5.32 Å². The number of aliphatic hydroxyl groups excluding tert-OH is 1. The minimum absolute atomic E-state index is 0.00430. The maximum atomic E-state index is 12.1. The van der Waals surface area contributed by atoms with E-state index in [0.29, 0.717) is 18.9 Å². The van der Waals surface area contributed by atoms with E-state index < -0.39 is 0 Å². The highest BCUT2D eigenvalue weighted by atomic mass is 79.9. The van der Waals surface area contributed by atoms with Crippen LogP contribution in [-0.4, -0.2) is 51.6 Å². The van der Waals surface area contributed by atoms with Crippen LogP contribution in [0.2, 0.25) is 0 Å². The number of rotatable bonds is 4. The molecule has 0 saturated carbocycles. The molecule has 0 aromatic carbocycles. The van der Waals surface area contributed by atoms with Crippen molar-refractivity contribution >= 4 is 27.7 Å². The van der Waals surface area contributed by atoms with Gasteiger partial charge in [0, 0.05) is 19.3 Å². The molecule has 1 amide bonds. The number of aliphatic hydroxyl groups is 1. The first kappa shape index (κ1) is 13.2. The highest BCUT2D eigenvalue weighted by molar-refractivity contribution is 9.10. The van der Waals surface area contributed by atoms with Crippen molar-refractivity contribution in [3.8, 4) is 0 Å². The van der Waals surface area contributed by atoms with Crippen molar-refractivity contribution < 1.29 is 9.90 Å². The van der Waals surface area contributed by atoms with Gasteiger partial charge in [0.1, 0.15) is 18.2 Å². The zero-order valence-electron chi connectivity index (χ0n) is 9.84. The summed E-state index contributed by atoms with van der Waals surface area (Å²) < 4.78 is 0.733. The number of amides is 1. The van der Waals surface area contributed by atoms with Crippen molar-refractivity contribution in [1.29, 1.82) is 0 Å². The Bertz CT molecular complexity index is 427. The lowest BCUT2D eigenvalue weighted by molar-refractivity contribution is -0.134. The van der Waals surface area contributed by atoms with Gasteiger partial charge in [-0.05, 0) is 28.8 Å². The summed E-state index contributed by atoms with van der Waals surface area (Å²) in [4.78, 5) is 21.8. The smallest absolute Gasteiger partial charge is 0.245 e. The molecule has 0 aliphatic carbocycles. The second kappa shape index (κ2) is 6.10. The molecule has 0 unspecified atom stereocenters. The standard InChI is InChI=1S/C11H15BrN4O2/c12-8-6-13-7-14-10(8)15-9-2-1-3-16(4-5-17)11(9)18/h6-7,9,17H,1-5H2,(H,13,14,15)/t9-/m1/s1. The van der Waals surface area contributed by atoms with Gasteiger partial charge in [-0.1, -0.05) is 0 Å². The number of hydrogen-bond acceptors (Lipinski definition) is 5. The molecule has 0 spiro atoms. The molecule has 1 atom stereocenters. The zero-order chi connectivity index (χ0) is 13.0. The molecule has 6 nitrogen and oxygen atoms in total. The fourth-order valence-electron chi connectivity index (χ4n) is 2.00. The Morgan fingerprint density at radius 2 is 2.44 bits per heavy atom. The van der Waals surface area contributed by atoms with E-state index in [0.717, 1.165) is 17.3 Å². The molecule has 1 fully saturated rings. The fraction of sp³-hybridized carbons (Fsp3) is 0.545. The third-order valence-electron chi connectivity index (χ3n) is 2.88. The number of carbonyl (C=O) groups excluding carboxylic acids is 1. The molecule has 1 aliphatic rings. The molecule has 1 aliphatic heterocycles. The van der Waals surface area contributed by atoms with Crippen LogP contribution in [0, 0.1) is 0 Å². The molecule has 2 heterocycles. The summed E-state index contributed by atoms with van der Waals surface area (Å²) in [5, 5.41) is 12.0. The molecule has 98 valence electrons. The number of nitrogens with zero attached hydrogens (tertiary/aromatic N) is 3. The molecular formula is C11H15BrN4O2. The number of nitrogens with one attached hydrogen (secondary N) is 1. The summed E-state index contributed by atoms with van der Waals surface area (Å²) in [6.45, 7) is 1.10. The molecule has 0 radical (unpaired) electrons. The van der Waals surface area contributed by atoms with Crippen molar-refractivity contribution in [1.82, 2.24) is 14.9 Å². The topological polar surface area (TPSA) is 78.4 Å². The van der Waals surface area contributed by atoms with Crippen molar-refractivity contribution in [2.45, 2.75) is 18.9 Å². The summed E-state index contributed by atoms with van der Waals surface area (Å²) in [5.74, 6) is 0.634. The lowest BCUT2D eigenvalue weighted by Crippen LogP contribution is -2.48. The number of β-amino-alcohol motifs (C(OH)–C–C–N with tert-alkyl or cyclic N) is 1. The van der Waals surface area contributed by atoms with Crippen LogP contribution in [-0.2, 0) is 4.79 Å². The third kappa shape index (κ3) is 2.97. The fourth-order valence-corrected chi connectivity index (χ4v) is 2.34. The minimum Gasteiger partial charge on any atom is -0.395 e. The van der Waals surface area contributed by atoms with Crippen molar-refractivity contribution in [3.05, 3.63) is 17.0 Å². The highest BCUT2D eigenvalue weighted by Gasteiger charge is 2.28. The summed E-state index contributed by atoms with van der Waals surface area (Å²) >= 11 is 3.34. The Balaban J connectivity index is 2.05. The summed E-state index contributed by atoms with van der Waals surface area (Å²) in [7, 11) is 0. The third-order valence-corrected chi connectivity index (χ3v) is 3.46. The van der Waals surface area contributed by atoms with E-state index in [-0.39, 0.29) is 18.6 Å². The number of piperidine rings is 1. The molecule has 2 N–H and O–H groups in total. The monoisotopic (exact) mass is 314 g/mol. The van der Waals surface area contributed by atoms with Crippen LogP contribution in [0.15, 0.2) is 17.0 Å². The lowest BCUT2D eigenvalue weighted by atomic mass is 10.0. The molecule has 1 aromatic rings. The van der Waals surface area contributed by atoms with Gasteiger partial charge in [0.15, 0.2) is 0 Å². The largest absolute Gasteiger partial charge is 0.395 e. The van der Waals surface area contributed by atoms with E-state index >= 15 is 0 Å². The first-order valence-electron chi connectivity index (χ1n) is 5.84. The van der Waals surface area contributed by atoms with Gasteiger partial charge in [0.05, 0.1) is 11.1 Å². The first-order valence-corrected chi connectivity index (χ1v) is 6.63. The molecular weight excluding hydrogens is 300 g/mol. The SMILES string of the molecule is O=C1[C@H](Nc2ncncc2Br)CCCN1CCO. The molecule has 1 saturated heterocycles. The van der Waals surface area contributed by atoms with Gasteiger partial charge in [0.25, 0.3) is 0 Å². The van der Waals surface area contributed by atoms with Gasteiger partial charge >= 0.3 is 0 Å². The molecule has 2 rings (SSSR count). The van der Waals surface area contributed by atoms with E-state index in [1.54, 1.807) is 11.1 Å². The van der Waals surface area contributed by atoms with Gasteiger partial charge in [-0.15, -0.1) is 0 Å². The van der Waals surface area contributed by atoms with Gasteiger partial charge in [-0.25, -0.2) is 9.97 Å². The maximum Gasteiger partial charge on any atom is 0.245 e. The summed E-state index contributed by atoms with van der Waals surface area (Å²) in [6.07, 6.45) is 4.77. The number of hydrogen-bond donors (Lipinski definition) is 2. The number of anilines is 1. The Morgan fingerprint density at radius 3 is 3.17 bits per heavy atom. The average molecular weight is 315 g/mol. The van der Waals surface area contributed by atoms with E-state index in [4.69, 9.17) is 5.11 Å². The van der Waals surface area contributed by atoms with Crippen LogP contribution in [0.3, 0.4) is 0 Å². The van der Waals surface area contributed by atoms with Crippen LogP contribution in [0.5, 0.6) is 0 Å². The van der Waals surface area contributed by atoms with Crippen LogP contribution in [0.25, 0.3) is 0 Å². The van der Waals surface area contributed by atoms with Crippen LogP contribution in [0.4, 0.5) is 5.82 Å². The van der Waals surface area contributed by atoms with E-state index in [2.05, 4.69) is 31.2 Å². The average Bonchev–Trinajstić information content (AvgIpc) is 2.37.